The molecule has 3 aromatic carbocycles. The molecular weight excluding hydrogens is 462 g/mol. The Morgan fingerprint density at radius 3 is 2.59 bits per heavy atom. The molecule has 0 spiro atoms. The van der Waals surface area contributed by atoms with Crippen molar-refractivity contribution in [2.75, 3.05) is 37.6 Å². The summed E-state index contributed by atoms with van der Waals surface area (Å²) in [5.74, 6) is 2.24. The van der Waals surface area contributed by atoms with Crippen molar-refractivity contribution in [2.45, 2.75) is 6.92 Å². The number of fused-ring (bicyclic) bond motifs is 3. The average Bonchev–Trinajstić information content (AvgIpc) is 3.56. The number of nitrogens with one attached hydrogen (secondary N) is 2. The lowest BCUT2D eigenvalue weighted by molar-refractivity contribution is 0.271. The number of aromatic nitrogens is 5. The quantitative estimate of drug-likeness (QED) is 0.328. The lowest BCUT2D eigenvalue weighted by Gasteiger charge is -2.35. The first-order chi connectivity index (χ1) is 18.2. The number of piperazine rings is 1. The molecule has 4 heterocycles. The van der Waals surface area contributed by atoms with Gasteiger partial charge in [-0.1, -0.05) is 13.0 Å². The third-order valence-electron chi connectivity index (χ3n) is 7.22. The Balaban J connectivity index is 1.18. The summed E-state index contributed by atoms with van der Waals surface area (Å²) in [6.07, 6.45) is 1.80. The molecule has 0 saturated carbocycles. The number of pyridine rings is 1. The van der Waals surface area contributed by atoms with Crippen molar-refractivity contribution in [1.29, 1.82) is 0 Å². The maximum absolute atomic E-state index is 6.20. The topological polar surface area (TPSA) is 86.0 Å². The van der Waals surface area contributed by atoms with Crippen molar-refractivity contribution in [3.63, 3.8) is 0 Å². The van der Waals surface area contributed by atoms with Gasteiger partial charge in [-0.15, -0.1) is 0 Å². The Morgan fingerprint density at radius 2 is 1.70 bits per heavy atom. The van der Waals surface area contributed by atoms with Crippen LogP contribution in [0.25, 0.3) is 44.4 Å². The van der Waals surface area contributed by atoms with Crippen LogP contribution in [-0.4, -0.2) is 62.8 Å². The van der Waals surface area contributed by atoms with Crippen LogP contribution in [0.3, 0.4) is 0 Å². The second-order valence-corrected chi connectivity index (χ2v) is 9.45. The number of ether oxygens (including phenoxy) is 1. The van der Waals surface area contributed by atoms with Crippen LogP contribution in [0.4, 0.5) is 5.69 Å². The minimum absolute atomic E-state index is 0.739. The van der Waals surface area contributed by atoms with Crippen LogP contribution >= 0.6 is 0 Å². The molecule has 0 radical (unpaired) electrons. The van der Waals surface area contributed by atoms with E-state index in [0.29, 0.717) is 0 Å². The summed E-state index contributed by atoms with van der Waals surface area (Å²) in [5, 5.41) is 9.71. The third kappa shape index (κ3) is 4.05. The minimum Gasteiger partial charge on any atom is -0.457 e. The fourth-order valence-electron chi connectivity index (χ4n) is 5.12. The summed E-state index contributed by atoms with van der Waals surface area (Å²) < 4.78 is 6.20. The molecule has 2 N–H and O–H groups in total. The van der Waals surface area contributed by atoms with Crippen LogP contribution in [0.2, 0.25) is 0 Å². The van der Waals surface area contributed by atoms with E-state index in [0.717, 1.165) is 88.6 Å². The van der Waals surface area contributed by atoms with Crippen molar-refractivity contribution < 1.29 is 4.74 Å². The predicted molar refractivity (Wildman–Crippen MR) is 147 cm³/mol. The zero-order chi connectivity index (χ0) is 24.8. The minimum atomic E-state index is 0.739. The van der Waals surface area contributed by atoms with E-state index in [4.69, 9.17) is 9.72 Å². The predicted octanol–water partition coefficient (Wildman–Crippen LogP) is 5.59. The van der Waals surface area contributed by atoms with E-state index in [-0.39, 0.29) is 0 Å². The lowest BCUT2D eigenvalue weighted by atomic mass is 10.2. The third-order valence-corrected chi connectivity index (χ3v) is 7.22. The molecule has 1 saturated heterocycles. The van der Waals surface area contributed by atoms with Crippen molar-refractivity contribution in [1.82, 2.24) is 30.0 Å². The zero-order valence-electron chi connectivity index (χ0n) is 20.6. The first-order valence-electron chi connectivity index (χ1n) is 12.7. The molecule has 8 nitrogen and oxygen atoms in total. The maximum Gasteiger partial charge on any atom is 0.159 e. The molecule has 37 heavy (non-hydrogen) atoms. The average molecular weight is 490 g/mol. The molecule has 6 aromatic rings. The van der Waals surface area contributed by atoms with Crippen LogP contribution in [0.1, 0.15) is 6.92 Å². The van der Waals surface area contributed by atoms with E-state index < -0.39 is 0 Å². The van der Waals surface area contributed by atoms with Gasteiger partial charge in [0.05, 0.1) is 22.1 Å². The Hall–Kier alpha value is -4.43. The van der Waals surface area contributed by atoms with E-state index in [1.54, 1.807) is 6.20 Å². The summed E-state index contributed by atoms with van der Waals surface area (Å²) in [5.41, 5.74) is 5.82. The Kier molecular flexibility index (Phi) is 5.25. The van der Waals surface area contributed by atoms with Crippen LogP contribution in [0, 0.1) is 0 Å². The number of likely N-dealkylation sites (N-methyl/N-ethyl adjacent to an activating group) is 1. The molecule has 0 bridgehead atoms. The van der Waals surface area contributed by atoms with E-state index in [1.807, 2.05) is 48.5 Å². The van der Waals surface area contributed by atoms with Gasteiger partial charge < -0.3 is 19.5 Å². The number of aromatic amines is 2. The van der Waals surface area contributed by atoms with Gasteiger partial charge in [0.2, 0.25) is 0 Å². The molecule has 184 valence electrons. The Morgan fingerprint density at radius 1 is 0.865 bits per heavy atom. The van der Waals surface area contributed by atoms with Gasteiger partial charge in [-0.25, -0.2) is 4.98 Å². The van der Waals surface area contributed by atoms with Gasteiger partial charge in [0.1, 0.15) is 17.2 Å². The molecule has 1 fully saturated rings. The smallest absolute Gasteiger partial charge is 0.159 e. The first-order valence-corrected chi connectivity index (χ1v) is 12.7. The van der Waals surface area contributed by atoms with E-state index >= 15 is 0 Å². The monoisotopic (exact) mass is 489 g/mol. The molecule has 0 aliphatic carbocycles. The molecule has 8 heteroatoms. The number of H-pyrrole nitrogens is 2. The number of imidazole rings is 1. The van der Waals surface area contributed by atoms with Crippen molar-refractivity contribution in [2.24, 2.45) is 0 Å². The number of hydrogen-bond donors (Lipinski definition) is 2. The summed E-state index contributed by atoms with van der Waals surface area (Å²) >= 11 is 0. The number of rotatable bonds is 5. The fraction of sp³-hybridized carbons (Fsp3) is 0.207. The largest absolute Gasteiger partial charge is 0.457 e. The van der Waals surface area contributed by atoms with Gasteiger partial charge in [-0.2, -0.15) is 5.10 Å². The highest BCUT2D eigenvalue weighted by molar-refractivity contribution is 5.94. The highest BCUT2D eigenvalue weighted by Crippen LogP contribution is 2.32. The van der Waals surface area contributed by atoms with Crippen LogP contribution in [-0.2, 0) is 0 Å². The molecule has 0 amide bonds. The van der Waals surface area contributed by atoms with E-state index in [2.05, 4.69) is 55.1 Å². The Labute approximate surface area is 213 Å². The van der Waals surface area contributed by atoms with Crippen LogP contribution in [0.5, 0.6) is 11.5 Å². The van der Waals surface area contributed by atoms with Gasteiger partial charge >= 0.3 is 0 Å². The first kappa shape index (κ1) is 21.8. The van der Waals surface area contributed by atoms with Crippen LogP contribution < -0.4 is 9.64 Å². The Bertz CT molecular complexity index is 1730. The van der Waals surface area contributed by atoms with Crippen molar-refractivity contribution in [3.05, 3.63) is 72.9 Å². The highest BCUT2D eigenvalue weighted by Gasteiger charge is 2.18. The standard InChI is InChI=1S/C29H27N7O/c1-2-35-12-14-36(15-13-35)20-5-8-26-27(17-20)32-29(31-26)28-23-18-22(7-10-25(23)33-34-28)37-21-6-9-24-19(16-21)4-3-11-30-24/h3-11,16-18H,2,12-15H2,1H3,(H,31,32)(H,33,34). The highest BCUT2D eigenvalue weighted by atomic mass is 16.5. The second kappa shape index (κ2) is 8.90. The molecule has 1 aliphatic heterocycles. The summed E-state index contributed by atoms with van der Waals surface area (Å²) in [7, 11) is 0. The van der Waals surface area contributed by atoms with Crippen molar-refractivity contribution in [3.8, 4) is 23.0 Å². The molecule has 0 atom stereocenters. The van der Waals surface area contributed by atoms with E-state index in [9.17, 15) is 0 Å². The maximum atomic E-state index is 6.20. The normalized spacial score (nSPS) is 14.7. The van der Waals surface area contributed by atoms with Gasteiger partial charge in [-0.3, -0.25) is 10.1 Å². The van der Waals surface area contributed by atoms with Gasteiger partial charge in [-0.05, 0) is 67.2 Å². The molecule has 3 aromatic heterocycles. The van der Waals surface area contributed by atoms with E-state index in [1.165, 1.54) is 5.69 Å². The number of nitrogens with zero attached hydrogens (tertiary/aromatic N) is 5. The van der Waals surface area contributed by atoms with Crippen molar-refractivity contribution >= 4 is 38.5 Å². The number of hydrogen-bond acceptors (Lipinski definition) is 6. The van der Waals surface area contributed by atoms with Crippen LogP contribution in [0.15, 0.2) is 72.9 Å². The number of benzene rings is 3. The van der Waals surface area contributed by atoms with Gasteiger partial charge in [0, 0.05) is 48.8 Å². The van der Waals surface area contributed by atoms with Gasteiger partial charge in [0.15, 0.2) is 5.82 Å². The van der Waals surface area contributed by atoms with Gasteiger partial charge in [0.25, 0.3) is 0 Å². The lowest BCUT2D eigenvalue weighted by Crippen LogP contribution is -2.46. The summed E-state index contributed by atoms with van der Waals surface area (Å²) in [4.78, 5) is 17.7. The number of anilines is 1. The molecule has 1 aliphatic rings. The summed E-state index contributed by atoms with van der Waals surface area (Å²) in [6.45, 7) is 7.62. The fourth-order valence-corrected chi connectivity index (χ4v) is 5.12. The molecule has 0 unspecified atom stereocenters. The molecule has 7 rings (SSSR count). The summed E-state index contributed by atoms with van der Waals surface area (Å²) in [6, 6.07) is 22.3. The second-order valence-electron chi connectivity index (χ2n) is 9.45. The zero-order valence-corrected chi connectivity index (χ0v) is 20.6. The molecular formula is C29H27N7O. The SMILES string of the molecule is CCN1CCN(c2ccc3nc(-c4n[nH]c5ccc(Oc6ccc7ncccc7c6)cc45)[nH]c3c2)CC1.